The van der Waals surface area contributed by atoms with Crippen LogP contribution in [0.1, 0.15) is 24.7 Å². The first-order valence-electron chi connectivity index (χ1n) is 5.84. The van der Waals surface area contributed by atoms with E-state index in [1.165, 1.54) is 12.1 Å². The molecule has 0 radical (unpaired) electrons. The summed E-state index contributed by atoms with van der Waals surface area (Å²) >= 11 is 0. The first kappa shape index (κ1) is 10.7. The highest BCUT2D eigenvalue weighted by atomic mass is 19.1. The van der Waals surface area contributed by atoms with Crippen LogP contribution in [-0.4, -0.2) is 17.7 Å². The number of aliphatic hydroxyl groups excluding tert-OH is 1. The van der Waals surface area contributed by atoms with E-state index in [1.54, 1.807) is 12.1 Å². The molecule has 2 N–H and O–H groups in total. The highest BCUT2D eigenvalue weighted by Crippen LogP contribution is 2.28. The van der Waals surface area contributed by atoms with Crippen LogP contribution in [0.25, 0.3) is 11.0 Å². The Morgan fingerprint density at radius 1 is 1.41 bits per heavy atom. The van der Waals surface area contributed by atoms with Gasteiger partial charge in [0.25, 0.3) is 0 Å². The van der Waals surface area contributed by atoms with Crippen molar-refractivity contribution < 1.29 is 13.9 Å². The summed E-state index contributed by atoms with van der Waals surface area (Å²) in [4.78, 5) is 0. The van der Waals surface area contributed by atoms with Gasteiger partial charge in [-0.3, -0.25) is 0 Å². The smallest absolute Gasteiger partial charge is 0.135 e. The van der Waals surface area contributed by atoms with E-state index in [-0.39, 0.29) is 11.9 Å². The van der Waals surface area contributed by atoms with Gasteiger partial charge in [-0.15, -0.1) is 0 Å². The van der Waals surface area contributed by atoms with E-state index in [9.17, 15) is 9.50 Å². The van der Waals surface area contributed by atoms with Gasteiger partial charge < -0.3 is 14.8 Å². The summed E-state index contributed by atoms with van der Waals surface area (Å²) in [5, 5.41) is 14.1. The van der Waals surface area contributed by atoms with Crippen LogP contribution in [0.3, 0.4) is 0 Å². The van der Waals surface area contributed by atoms with Crippen molar-refractivity contribution in [3.63, 3.8) is 0 Å². The molecule has 3 rings (SSSR count). The standard InChI is InChI=1S/C13H14FNO2/c14-9-3-4-11-8(6-9)7-12(17-11)13(16)10-2-1-5-15-10/h3-4,6-7,10,13,15-16H,1-2,5H2. The Morgan fingerprint density at radius 3 is 3.06 bits per heavy atom. The second-order valence-electron chi connectivity index (χ2n) is 4.48. The van der Waals surface area contributed by atoms with Crippen molar-refractivity contribution in [1.29, 1.82) is 0 Å². The molecule has 2 unspecified atom stereocenters. The molecular formula is C13H14FNO2. The fraction of sp³-hybridized carbons (Fsp3) is 0.385. The van der Waals surface area contributed by atoms with Gasteiger partial charge in [-0.2, -0.15) is 0 Å². The molecule has 0 saturated carbocycles. The Balaban J connectivity index is 1.94. The number of hydrogen-bond acceptors (Lipinski definition) is 3. The third-order valence-corrected chi connectivity index (χ3v) is 3.27. The fourth-order valence-corrected chi connectivity index (χ4v) is 2.36. The van der Waals surface area contributed by atoms with Crippen LogP contribution in [0.4, 0.5) is 4.39 Å². The lowest BCUT2D eigenvalue weighted by Crippen LogP contribution is -2.28. The first-order chi connectivity index (χ1) is 8.24. The fourth-order valence-electron chi connectivity index (χ4n) is 2.36. The number of halogens is 1. The first-order valence-corrected chi connectivity index (χ1v) is 5.84. The minimum Gasteiger partial charge on any atom is -0.458 e. The molecule has 1 saturated heterocycles. The number of furan rings is 1. The van der Waals surface area contributed by atoms with Crippen LogP contribution in [0.2, 0.25) is 0 Å². The third-order valence-electron chi connectivity index (χ3n) is 3.27. The van der Waals surface area contributed by atoms with E-state index in [0.29, 0.717) is 16.7 Å². The topological polar surface area (TPSA) is 45.4 Å². The Labute approximate surface area is 98.2 Å². The molecule has 2 heterocycles. The van der Waals surface area contributed by atoms with Crippen LogP contribution in [0.15, 0.2) is 28.7 Å². The average Bonchev–Trinajstić information content (AvgIpc) is 2.96. The second-order valence-corrected chi connectivity index (χ2v) is 4.48. The van der Waals surface area contributed by atoms with Crippen LogP contribution in [0.5, 0.6) is 0 Å². The van der Waals surface area contributed by atoms with Crippen molar-refractivity contribution in [2.45, 2.75) is 25.0 Å². The molecular weight excluding hydrogens is 221 g/mol. The molecule has 1 aromatic carbocycles. The maximum absolute atomic E-state index is 13.0. The molecule has 2 aromatic rings. The zero-order valence-corrected chi connectivity index (χ0v) is 9.32. The average molecular weight is 235 g/mol. The highest BCUT2D eigenvalue weighted by Gasteiger charge is 2.26. The summed E-state index contributed by atoms with van der Waals surface area (Å²) in [5.41, 5.74) is 0.610. The largest absolute Gasteiger partial charge is 0.458 e. The molecule has 1 aliphatic heterocycles. The van der Waals surface area contributed by atoms with Crippen LogP contribution in [0, 0.1) is 5.82 Å². The minimum atomic E-state index is -0.659. The summed E-state index contributed by atoms with van der Waals surface area (Å²) in [5.74, 6) is 0.211. The minimum absolute atomic E-state index is 0.0420. The van der Waals surface area contributed by atoms with Crippen molar-refractivity contribution in [3.05, 3.63) is 35.8 Å². The number of nitrogens with one attached hydrogen (secondary N) is 1. The SMILES string of the molecule is OC(c1cc2cc(F)ccc2o1)C1CCCN1. The quantitative estimate of drug-likeness (QED) is 0.840. The van der Waals surface area contributed by atoms with E-state index in [0.717, 1.165) is 19.4 Å². The van der Waals surface area contributed by atoms with Gasteiger partial charge in [0.15, 0.2) is 0 Å². The van der Waals surface area contributed by atoms with Gasteiger partial charge in [-0.25, -0.2) is 4.39 Å². The monoisotopic (exact) mass is 235 g/mol. The number of benzene rings is 1. The second kappa shape index (κ2) is 4.13. The Bertz CT molecular complexity index is 531. The maximum Gasteiger partial charge on any atom is 0.135 e. The molecule has 90 valence electrons. The molecule has 0 amide bonds. The molecule has 0 spiro atoms. The zero-order chi connectivity index (χ0) is 11.8. The predicted molar refractivity (Wildman–Crippen MR) is 62.2 cm³/mol. The van der Waals surface area contributed by atoms with E-state index in [2.05, 4.69) is 5.32 Å². The van der Waals surface area contributed by atoms with E-state index in [1.807, 2.05) is 0 Å². The summed E-state index contributed by atoms with van der Waals surface area (Å²) in [6, 6.07) is 6.11. The lowest BCUT2D eigenvalue weighted by molar-refractivity contribution is 0.115. The van der Waals surface area contributed by atoms with Gasteiger partial charge in [0.2, 0.25) is 0 Å². The predicted octanol–water partition coefficient (Wildman–Crippen LogP) is 2.36. The number of rotatable bonds is 2. The number of fused-ring (bicyclic) bond motifs is 1. The third kappa shape index (κ3) is 1.94. The summed E-state index contributed by atoms with van der Waals surface area (Å²) in [6.45, 7) is 0.927. The van der Waals surface area contributed by atoms with Crippen LogP contribution in [-0.2, 0) is 0 Å². The molecule has 1 aliphatic rings. The molecule has 17 heavy (non-hydrogen) atoms. The Kier molecular flexibility index (Phi) is 2.61. The van der Waals surface area contributed by atoms with Crippen molar-refractivity contribution in [2.24, 2.45) is 0 Å². The Hall–Kier alpha value is -1.39. The lowest BCUT2D eigenvalue weighted by Gasteiger charge is -2.15. The summed E-state index contributed by atoms with van der Waals surface area (Å²) in [6.07, 6.45) is 1.34. The van der Waals surface area contributed by atoms with Crippen molar-refractivity contribution in [1.82, 2.24) is 5.32 Å². The van der Waals surface area contributed by atoms with Crippen LogP contribution < -0.4 is 5.32 Å². The van der Waals surface area contributed by atoms with Gasteiger partial charge in [-0.1, -0.05) is 0 Å². The van der Waals surface area contributed by atoms with Crippen molar-refractivity contribution in [2.75, 3.05) is 6.54 Å². The normalized spacial score (nSPS) is 22.1. The Morgan fingerprint density at radius 2 is 2.29 bits per heavy atom. The van der Waals surface area contributed by atoms with E-state index >= 15 is 0 Å². The molecule has 0 bridgehead atoms. The van der Waals surface area contributed by atoms with Gasteiger partial charge in [0.05, 0.1) is 0 Å². The highest BCUT2D eigenvalue weighted by molar-refractivity contribution is 5.77. The molecule has 2 atom stereocenters. The van der Waals surface area contributed by atoms with Gasteiger partial charge in [0.1, 0.15) is 23.3 Å². The summed E-state index contributed by atoms with van der Waals surface area (Å²) < 4.78 is 18.6. The van der Waals surface area contributed by atoms with Gasteiger partial charge in [-0.05, 0) is 43.7 Å². The number of aliphatic hydroxyl groups is 1. The van der Waals surface area contributed by atoms with Crippen molar-refractivity contribution in [3.8, 4) is 0 Å². The molecule has 4 heteroatoms. The van der Waals surface area contributed by atoms with Crippen LogP contribution >= 0.6 is 0 Å². The lowest BCUT2D eigenvalue weighted by atomic mass is 10.1. The molecule has 1 fully saturated rings. The molecule has 0 aliphatic carbocycles. The number of hydrogen-bond donors (Lipinski definition) is 2. The van der Waals surface area contributed by atoms with Gasteiger partial charge >= 0.3 is 0 Å². The molecule has 1 aromatic heterocycles. The summed E-state index contributed by atoms with van der Waals surface area (Å²) in [7, 11) is 0. The van der Waals surface area contributed by atoms with E-state index < -0.39 is 6.10 Å². The molecule has 3 nitrogen and oxygen atoms in total. The zero-order valence-electron chi connectivity index (χ0n) is 9.32. The van der Waals surface area contributed by atoms with Gasteiger partial charge in [0, 0.05) is 11.4 Å². The maximum atomic E-state index is 13.0. The van der Waals surface area contributed by atoms with Crippen molar-refractivity contribution >= 4 is 11.0 Å². The van der Waals surface area contributed by atoms with E-state index in [4.69, 9.17) is 4.42 Å².